The Morgan fingerprint density at radius 1 is 0.963 bits per heavy atom. The fourth-order valence-corrected chi connectivity index (χ4v) is 8.82. The van der Waals surface area contributed by atoms with Crippen LogP contribution in [0.1, 0.15) is 91.4 Å². The van der Waals surface area contributed by atoms with Crippen molar-refractivity contribution in [3.05, 3.63) is 0 Å². The predicted molar refractivity (Wildman–Crippen MR) is 108 cm³/mol. The lowest BCUT2D eigenvalue weighted by Gasteiger charge is -2.64. The van der Waals surface area contributed by atoms with Gasteiger partial charge in [0.05, 0.1) is 11.7 Å². The third kappa shape index (κ3) is 2.94. The van der Waals surface area contributed by atoms with E-state index in [2.05, 4.69) is 20.8 Å². The number of rotatable bonds is 4. The van der Waals surface area contributed by atoms with Crippen LogP contribution in [0, 0.1) is 40.4 Å². The van der Waals surface area contributed by atoms with E-state index in [4.69, 9.17) is 0 Å². The molecule has 4 aliphatic carbocycles. The van der Waals surface area contributed by atoms with Gasteiger partial charge in [0.25, 0.3) is 0 Å². The molecule has 0 amide bonds. The van der Waals surface area contributed by atoms with Crippen LogP contribution in [0.15, 0.2) is 0 Å². The Balaban J connectivity index is 1.56. The highest BCUT2D eigenvalue weighted by atomic mass is 16.3. The Bertz CT molecular complexity index is 550. The van der Waals surface area contributed by atoms with Gasteiger partial charge < -0.3 is 15.3 Å². The lowest BCUT2D eigenvalue weighted by atomic mass is 9.43. The van der Waals surface area contributed by atoms with E-state index in [-0.39, 0.29) is 11.5 Å². The molecular formula is C24H42O3. The van der Waals surface area contributed by atoms with Crippen molar-refractivity contribution < 1.29 is 15.3 Å². The van der Waals surface area contributed by atoms with Crippen LogP contribution in [-0.2, 0) is 0 Å². The van der Waals surface area contributed by atoms with Crippen LogP contribution in [-0.4, -0.2) is 33.6 Å². The van der Waals surface area contributed by atoms with E-state index in [0.29, 0.717) is 30.3 Å². The van der Waals surface area contributed by atoms with E-state index in [9.17, 15) is 15.3 Å². The zero-order chi connectivity index (χ0) is 19.4. The molecule has 0 aromatic carbocycles. The minimum atomic E-state index is -0.647. The minimum absolute atomic E-state index is 0.00291. The quantitative estimate of drug-likeness (QED) is 0.673. The van der Waals surface area contributed by atoms with Crippen molar-refractivity contribution in [2.75, 3.05) is 6.61 Å². The Morgan fingerprint density at radius 2 is 1.74 bits per heavy atom. The molecule has 27 heavy (non-hydrogen) atoms. The van der Waals surface area contributed by atoms with Crippen LogP contribution in [0.2, 0.25) is 0 Å². The monoisotopic (exact) mass is 378 g/mol. The third-order valence-corrected chi connectivity index (χ3v) is 10.4. The highest BCUT2D eigenvalue weighted by molar-refractivity contribution is 5.14. The number of aliphatic hydroxyl groups excluding tert-OH is 2. The average molecular weight is 379 g/mol. The number of aliphatic hydroxyl groups is 3. The number of fused-ring (bicyclic) bond motifs is 5. The molecule has 3 N–H and O–H groups in total. The van der Waals surface area contributed by atoms with E-state index in [1.54, 1.807) is 0 Å². The minimum Gasteiger partial charge on any atom is -0.396 e. The van der Waals surface area contributed by atoms with Crippen LogP contribution >= 0.6 is 0 Å². The second-order valence-corrected chi connectivity index (χ2v) is 11.3. The Morgan fingerprint density at radius 3 is 2.48 bits per heavy atom. The molecule has 4 rings (SSSR count). The maximum Gasteiger partial charge on any atom is 0.0728 e. The summed E-state index contributed by atoms with van der Waals surface area (Å²) in [5, 5.41) is 31.0. The van der Waals surface area contributed by atoms with Gasteiger partial charge in [-0.3, -0.25) is 0 Å². The molecule has 0 spiro atoms. The summed E-state index contributed by atoms with van der Waals surface area (Å²) >= 11 is 0. The molecule has 0 aromatic heterocycles. The molecule has 4 fully saturated rings. The van der Waals surface area contributed by atoms with Gasteiger partial charge in [-0.05, 0) is 105 Å². The van der Waals surface area contributed by atoms with Crippen molar-refractivity contribution in [1.82, 2.24) is 0 Å². The van der Waals surface area contributed by atoms with E-state index in [0.717, 1.165) is 56.3 Å². The van der Waals surface area contributed by atoms with E-state index in [1.165, 1.54) is 25.7 Å². The van der Waals surface area contributed by atoms with Gasteiger partial charge in [0.15, 0.2) is 0 Å². The number of hydrogen-bond donors (Lipinski definition) is 3. The molecule has 0 aliphatic heterocycles. The van der Waals surface area contributed by atoms with E-state index in [1.807, 2.05) is 0 Å². The molecule has 0 saturated heterocycles. The topological polar surface area (TPSA) is 60.7 Å². The zero-order valence-corrected chi connectivity index (χ0v) is 17.8. The second kappa shape index (κ2) is 6.99. The summed E-state index contributed by atoms with van der Waals surface area (Å²) in [6, 6.07) is 0. The largest absolute Gasteiger partial charge is 0.396 e. The Hall–Kier alpha value is -0.120. The summed E-state index contributed by atoms with van der Waals surface area (Å²) in [6.07, 6.45) is 11.6. The molecule has 3 heteroatoms. The first-order valence-corrected chi connectivity index (χ1v) is 11.8. The zero-order valence-electron chi connectivity index (χ0n) is 17.8. The smallest absolute Gasteiger partial charge is 0.0728 e. The highest BCUT2D eigenvalue weighted by Crippen LogP contribution is 2.69. The molecular weight excluding hydrogens is 336 g/mol. The fraction of sp³-hybridized carbons (Fsp3) is 1.00. The highest BCUT2D eigenvalue weighted by Gasteiger charge is 2.64. The van der Waals surface area contributed by atoms with Crippen molar-refractivity contribution in [2.24, 2.45) is 40.4 Å². The maximum atomic E-state index is 11.5. The van der Waals surface area contributed by atoms with Crippen LogP contribution in [0.5, 0.6) is 0 Å². The fourth-order valence-electron chi connectivity index (χ4n) is 8.82. The van der Waals surface area contributed by atoms with Crippen LogP contribution in [0.25, 0.3) is 0 Å². The first-order chi connectivity index (χ1) is 12.7. The molecule has 0 radical (unpaired) electrons. The Kier molecular flexibility index (Phi) is 5.22. The molecule has 156 valence electrons. The van der Waals surface area contributed by atoms with Crippen LogP contribution in [0.3, 0.4) is 0 Å². The first-order valence-electron chi connectivity index (χ1n) is 11.8. The number of hydrogen-bond acceptors (Lipinski definition) is 3. The lowest BCUT2D eigenvalue weighted by Crippen LogP contribution is -2.62. The molecule has 0 unspecified atom stereocenters. The summed E-state index contributed by atoms with van der Waals surface area (Å²) in [6.45, 7) is 7.68. The van der Waals surface area contributed by atoms with Gasteiger partial charge in [-0.25, -0.2) is 0 Å². The molecule has 0 heterocycles. The first kappa shape index (κ1) is 20.2. The predicted octanol–water partition coefficient (Wildman–Crippen LogP) is 4.53. The van der Waals surface area contributed by atoms with Gasteiger partial charge in [-0.1, -0.05) is 20.8 Å². The normalized spacial score (nSPS) is 53.3. The van der Waals surface area contributed by atoms with Gasteiger partial charge in [-0.2, -0.15) is 0 Å². The molecule has 0 aromatic rings. The summed E-state index contributed by atoms with van der Waals surface area (Å²) in [5.74, 6) is 3.72. The second-order valence-electron chi connectivity index (χ2n) is 11.3. The van der Waals surface area contributed by atoms with Gasteiger partial charge >= 0.3 is 0 Å². The lowest BCUT2D eigenvalue weighted by molar-refractivity contribution is -0.220. The third-order valence-electron chi connectivity index (χ3n) is 10.4. The Labute approximate surface area is 165 Å². The van der Waals surface area contributed by atoms with Crippen LogP contribution in [0.4, 0.5) is 0 Å². The summed E-state index contributed by atoms with van der Waals surface area (Å²) in [5.41, 5.74) is -0.195. The standard InChI is InChI=1S/C24H42O3/c1-16(5-4-14-25)19-6-7-20-18-9-13-24(27)15-17(26)8-12-23(24,3)21(18)10-11-22(19,20)2/h16-21,25-27H,4-15H2,1-3H3/t16-,17-,18+,19-,20+,21+,22-,23-,24+/m1/s1. The molecule has 0 bridgehead atoms. The summed E-state index contributed by atoms with van der Waals surface area (Å²) in [7, 11) is 0. The molecule has 3 nitrogen and oxygen atoms in total. The summed E-state index contributed by atoms with van der Waals surface area (Å²) in [4.78, 5) is 0. The van der Waals surface area contributed by atoms with Gasteiger partial charge in [-0.15, -0.1) is 0 Å². The van der Waals surface area contributed by atoms with Crippen molar-refractivity contribution in [2.45, 2.75) is 103 Å². The van der Waals surface area contributed by atoms with Gasteiger partial charge in [0.2, 0.25) is 0 Å². The average Bonchev–Trinajstić information content (AvgIpc) is 2.98. The van der Waals surface area contributed by atoms with Gasteiger partial charge in [0, 0.05) is 13.0 Å². The van der Waals surface area contributed by atoms with Gasteiger partial charge in [0.1, 0.15) is 0 Å². The SMILES string of the molecule is C[C@H](CCCO)[C@H]1CC[C@H]2[C@@H]3CC[C@]4(O)C[C@H](O)CC[C@]4(C)[C@H]3CC[C@]12C. The summed E-state index contributed by atoms with van der Waals surface area (Å²) < 4.78 is 0. The van der Waals surface area contributed by atoms with Crippen molar-refractivity contribution in [3.8, 4) is 0 Å². The van der Waals surface area contributed by atoms with Crippen LogP contribution < -0.4 is 0 Å². The maximum absolute atomic E-state index is 11.5. The van der Waals surface area contributed by atoms with Crippen molar-refractivity contribution in [1.29, 1.82) is 0 Å². The van der Waals surface area contributed by atoms with E-state index >= 15 is 0 Å². The van der Waals surface area contributed by atoms with E-state index < -0.39 is 5.60 Å². The molecule has 4 saturated carbocycles. The van der Waals surface area contributed by atoms with Crippen molar-refractivity contribution in [3.63, 3.8) is 0 Å². The van der Waals surface area contributed by atoms with Crippen molar-refractivity contribution >= 4 is 0 Å². The molecule has 9 atom stereocenters. The molecule has 4 aliphatic rings.